The molecule has 0 heterocycles. The van der Waals surface area contributed by atoms with Crippen LogP contribution in [0.5, 0.6) is 0 Å². The van der Waals surface area contributed by atoms with Crippen molar-refractivity contribution in [2.24, 2.45) is 10.8 Å². The number of hydrogen-bond donors (Lipinski definition) is 1. The molecule has 1 saturated carbocycles. The van der Waals surface area contributed by atoms with E-state index in [9.17, 15) is 18.9 Å². The summed E-state index contributed by atoms with van der Waals surface area (Å²) in [4.78, 5) is 10.0. The summed E-state index contributed by atoms with van der Waals surface area (Å²) in [6, 6.07) is 3.62. The lowest BCUT2D eigenvalue weighted by Crippen LogP contribution is -2.12. The number of alkyl halides is 2. The van der Waals surface area contributed by atoms with Gasteiger partial charge in [-0.2, -0.15) is 0 Å². The van der Waals surface area contributed by atoms with Crippen LogP contribution in [0, 0.1) is 20.9 Å². The Labute approximate surface area is 116 Å². The van der Waals surface area contributed by atoms with Gasteiger partial charge >= 0.3 is 0 Å². The minimum Gasteiger partial charge on any atom is -0.381 e. The molecule has 6 heteroatoms. The lowest BCUT2D eigenvalue weighted by Gasteiger charge is -2.13. The topological polar surface area (TPSA) is 55.2 Å². The number of hydrogen-bond acceptors (Lipinski definition) is 3. The van der Waals surface area contributed by atoms with Crippen molar-refractivity contribution < 1.29 is 13.7 Å². The van der Waals surface area contributed by atoms with Gasteiger partial charge in [-0.15, -0.1) is 0 Å². The molecular weight excluding hydrogens is 266 g/mol. The van der Waals surface area contributed by atoms with Gasteiger partial charge in [0.25, 0.3) is 12.1 Å². The van der Waals surface area contributed by atoms with Crippen molar-refractivity contribution in [3.05, 3.63) is 33.9 Å². The maximum atomic E-state index is 13.1. The smallest absolute Gasteiger partial charge is 0.270 e. The fourth-order valence-electron chi connectivity index (χ4n) is 2.69. The van der Waals surface area contributed by atoms with Crippen LogP contribution < -0.4 is 5.32 Å². The van der Waals surface area contributed by atoms with Crippen molar-refractivity contribution in [3.63, 3.8) is 0 Å². The molecule has 1 aromatic rings. The molecule has 0 aliphatic heterocycles. The van der Waals surface area contributed by atoms with Gasteiger partial charge in [0.1, 0.15) is 0 Å². The largest absolute Gasteiger partial charge is 0.381 e. The molecule has 1 N–H and O–H groups in total. The average Bonchev–Trinajstić information content (AvgIpc) is 2.71. The lowest BCUT2D eigenvalue weighted by molar-refractivity contribution is -0.385. The Balaban J connectivity index is 2.31. The molecular formula is C14H18F2N2O2. The number of nitrogens with one attached hydrogen (secondary N) is 1. The number of benzene rings is 1. The van der Waals surface area contributed by atoms with Crippen molar-refractivity contribution in [2.45, 2.75) is 40.2 Å². The van der Waals surface area contributed by atoms with Crippen LogP contribution in [-0.2, 0) is 0 Å². The zero-order chi connectivity index (χ0) is 15.3. The first-order chi connectivity index (χ1) is 9.09. The predicted octanol–water partition coefficient (Wildman–Crippen LogP) is 4.38. The summed E-state index contributed by atoms with van der Waals surface area (Å²) in [7, 11) is 0. The van der Waals surface area contributed by atoms with Gasteiger partial charge in [-0.1, -0.05) is 27.7 Å². The molecule has 0 spiro atoms. The van der Waals surface area contributed by atoms with E-state index < -0.39 is 11.3 Å². The molecule has 0 bridgehead atoms. The molecule has 20 heavy (non-hydrogen) atoms. The number of nitro benzene ring substituents is 1. The van der Waals surface area contributed by atoms with Crippen molar-refractivity contribution in [3.8, 4) is 0 Å². The van der Waals surface area contributed by atoms with Crippen LogP contribution in [0.25, 0.3) is 0 Å². The second-order valence-corrected chi connectivity index (χ2v) is 6.35. The standard InChI is InChI=1S/C14H18F2N2O2/c1-13(2)12(14(13,3)4)17-10-6-5-8(18(19)20)7-9(10)11(15)16/h5-7,11-12,17H,1-4H3. The van der Waals surface area contributed by atoms with Crippen LogP contribution in [0.2, 0.25) is 0 Å². The summed E-state index contributed by atoms with van der Waals surface area (Å²) in [6.07, 6.45) is -2.75. The molecule has 0 atom stereocenters. The average molecular weight is 284 g/mol. The maximum Gasteiger partial charge on any atom is 0.270 e. The molecule has 0 aromatic heterocycles. The number of non-ortho nitro benzene ring substituents is 1. The van der Waals surface area contributed by atoms with Crippen LogP contribution in [-0.4, -0.2) is 11.0 Å². The van der Waals surface area contributed by atoms with Gasteiger partial charge in [-0.3, -0.25) is 10.1 Å². The van der Waals surface area contributed by atoms with E-state index in [0.29, 0.717) is 0 Å². The van der Waals surface area contributed by atoms with Crippen LogP contribution >= 0.6 is 0 Å². The van der Waals surface area contributed by atoms with Gasteiger partial charge in [-0.05, 0) is 16.9 Å². The molecule has 1 aliphatic rings. The number of halogens is 2. The Kier molecular flexibility index (Phi) is 3.23. The first kappa shape index (κ1) is 14.7. The van der Waals surface area contributed by atoms with E-state index in [4.69, 9.17) is 0 Å². The zero-order valence-corrected chi connectivity index (χ0v) is 11.9. The van der Waals surface area contributed by atoms with Crippen molar-refractivity contribution in [1.29, 1.82) is 0 Å². The SMILES string of the molecule is CC1(C)C(Nc2ccc([N+](=O)[O-])cc2C(F)F)C1(C)C. The Hall–Kier alpha value is -1.72. The summed E-state index contributed by atoms with van der Waals surface area (Å²) < 4.78 is 26.1. The van der Waals surface area contributed by atoms with Crippen molar-refractivity contribution in [1.82, 2.24) is 0 Å². The molecule has 0 saturated heterocycles. The third-order valence-corrected chi connectivity index (χ3v) is 4.80. The van der Waals surface area contributed by atoms with E-state index in [0.717, 1.165) is 6.07 Å². The van der Waals surface area contributed by atoms with Gasteiger partial charge in [-0.25, -0.2) is 8.78 Å². The highest BCUT2D eigenvalue weighted by Gasteiger charge is 2.65. The summed E-state index contributed by atoms with van der Waals surface area (Å²) >= 11 is 0. The Morgan fingerprint density at radius 2 is 1.80 bits per heavy atom. The summed E-state index contributed by atoms with van der Waals surface area (Å²) in [5.41, 5.74) is -0.380. The predicted molar refractivity (Wildman–Crippen MR) is 73.0 cm³/mol. The third kappa shape index (κ3) is 2.13. The zero-order valence-electron chi connectivity index (χ0n) is 11.9. The van der Waals surface area contributed by atoms with Gasteiger partial charge in [0.05, 0.1) is 4.92 Å². The van der Waals surface area contributed by atoms with E-state index in [-0.39, 0.29) is 33.8 Å². The molecule has 0 radical (unpaired) electrons. The first-order valence-corrected chi connectivity index (χ1v) is 6.42. The minimum atomic E-state index is -2.75. The number of anilines is 1. The van der Waals surface area contributed by atoms with E-state index in [1.165, 1.54) is 12.1 Å². The molecule has 1 aromatic carbocycles. The van der Waals surface area contributed by atoms with Crippen LogP contribution in [0.15, 0.2) is 18.2 Å². The molecule has 110 valence electrons. The highest BCUT2D eigenvalue weighted by molar-refractivity contribution is 5.59. The highest BCUT2D eigenvalue weighted by Crippen LogP contribution is 2.64. The number of nitrogens with zero attached hydrogens (tertiary/aromatic N) is 1. The van der Waals surface area contributed by atoms with Crippen molar-refractivity contribution >= 4 is 11.4 Å². The van der Waals surface area contributed by atoms with Crippen LogP contribution in [0.3, 0.4) is 0 Å². The normalized spacial score (nSPS) is 19.9. The van der Waals surface area contributed by atoms with E-state index in [2.05, 4.69) is 33.0 Å². The van der Waals surface area contributed by atoms with Crippen LogP contribution in [0.4, 0.5) is 20.2 Å². The first-order valence-electron chi connectivity index (χ1n) is 6.42. The molecule has 2 rings (SSSR count). The second kappa shape index (κ2) is 4.40. The maximum absolute atomic E-state index is 13.1. The summed E-state index contributed by atoms with van der Waals surface area (Å²) in [5, 5.41) is 13.8. The van der Waals surface area contributed by atoms with Gasteiger partial charge < -0.3 is 5.32 Å². The second-order valence-electron chi connectivity index (χ2n) is 6.35. The molecule has 1 aliphatic carbocycles. The van der Waals surface area contributed by atoms with Gasteiger partial charge in [0, 0.05) is 29.4 Å². The van der Waals surface area contributed by atoms with Crippen LogP contribution in [0.1, 0.15) is 39.7 Å². The van der Waals surface area contributed by atoms with Gasteiger partial charge in [0.15, 0.2) is 0 Å². The Morgan fingerprint density at radius 1 is 1.25 bits per heavy atom. The molecule has 1 fully saturated rings. The molecule has 4 nitrogen and oxygen atoms in total. The van der Waals surface area contributed by atoms with E-state index in [1.54, 1.807) is 0 Å². The third-order valence-electron chi connectivity index (χ3n) is 4.80. The quantitative estimate of drug-likeness (QED) is 0.659. The summed E-state index contributed by atoms with van der Waals surface area (Å²) in [6.45, 7) is 8.27. The van der Waals surface area contributed by atoms with E-state index in [1.807, 2.05) is 0 Å². The fraction of sp³-hybridized carbons (Fsp3) is 0.571. The monoisotopic (exact) mass is 284 g/mol. The highest BCUT2D eigenvalue weighted by atomic mass is 19.3. The molecule has 0 unspecified atom stereocenters. The fourth-order valence-corrected chi connectivity index (χ4v) is 2.69. The minimum absolute atomic E-state index is 0.00579. The Bertz CT molecular complexity index is 542. The van der Waals surface area contributed by atoms with Gasteiger partial charge in [0.2, 0.25) is 0 Å². The van der Waals surface area contributed by atoms with Crippen molar-refractivity contribution in [2.75, 3.05) is 5.32 Å². The lowest BCUT2D eigenvalue weighted by atomic mass is 10.0. The summed E-state index contributed by atoms with van der Waals surface area (Å²) in [5.74, 6) is 0. The number of nitro groups is 1. The number of rotatable bonds is 4. The Morgan fingerprint density at radius 3 is 2.20 bits per heavy atom. The van der Waals surface area contributed by atoms with E-state index >= 15 is 0 Å². The molecule has 0 amide bonds.